The van der Waals surface area contributed by atoms with E-state index in [4.69, 9.17) is 10.5 Å². The summed E-state index contributed by atoms with van der Waals surface area (Å²) in [4.78, 5) is 2.37. The van der Waals surface area contributed by atoms with Crippen molar-refractivity contribution in [3.05, 3.63) is 35.9 Å². The molecule has 3 nitrogen and oxygen atoms in total. The number of likely N-dealkylation sites (N-methyl/N-ethyl adjacent to an activating group) is 1. The lowest BCUT2D eigenvalue weighted by atomic mass is 10.0. The molecule has 1 aromatic rings. The van der Waals surface area contributed by atoms with Crippen LogP contribution in [-0.2, 0) is 4.74 Å². The molecule has 1 aliphatic rings. The molecule has 94 valence electrons. The minimum atomic E-state index is 0.140. The van der Waals surface area contributed by atoms with Gasteiger partial charge in [0.25, 0.3) is 0 Å². The van der Waals surface area contributed by atoms with Crippen LogP contribution in [0.4, 0.5) is 0 Å². The quantitative estimate of drug-likeness (QED) is 0.844. The topological polar surface area (TPSA) is 38.5 Å². The van der Waals surface area contributed by atoms with Crippen molar-refractivity contribution in [3.63, 3.8) is 0 Å². The Bertz CT molecular complexity index is 322. The van der Waals surface area contributed by atoms with E-state index in [1.807, 2.05) is 18.2 Å². The number of nitrogens with two attached hydrogens (primary N) is 1. The fourth-order valence-corrected chi connectivity index (χ4v) is 2.26. The summed E-state index contributed by atoms with van der Waals surface area (Å²) in [6, 6.07) is 11.0. The van der Waals surface area contributed by atoms with Crippen LogP contribution < -0.4 is 5.73 Å². The van der Waals surface area contributed by atoms with E-state index in [9.17, 15) is 0 Å². The van der Waals surface area contributed by atoms with Gasteiger partial charge in [-0.25, -0.2) is 0 Å². The predicted molar refractivity (Wildman–Crippen MR) is 69.8 cm³/mol. The molecule has 2 unspecified atom stereocenters. The van der Waals surface area contributed by atoms with Crippen LogP contribution in [0.1, 0.15) is 24.4 Å². The van der Waals surface area contributed by atoms with Gasteiger partial charge in [-0.3, -0.25) is 0 Å². The largest absolute Gasteiger partial charge is 0.380 e. The number of ether oxygens (including phenoxy) is 1. The van der Waals surface area contributed by atoms with E-state index < -0.39 is 0 Å². The fourth-order valence-electron chi connectivity index (χ4n) is 2.26. The summed E-state index contributed by atoms with van der Waals surface area (Å²) in [5, 5.41) is 0. The standard InChI is InChI=1S/C14H22N2O/c1-16(13-8-10-17-11-13)9-7-14(15)12-5-3-2-4-6-12/h2-6,13-14H,7-11,15H2,1H3. The lowest BCUT2D eigenvalue weighted by Gasteiger charge is -2.24. The molecule has 2 atom stereocenters. The molecule has 0 aromatic heterocycles. The summed E-state index contributed by atoms with van der Waals surface area (Å²) in [5.41, 5.74) is 7.41. The Morgan fingerprint density at radius 2 is 2.18 bits per heavy atom. The summed E-state index contributed by atoms with van der Waals surface area (Å²) in [6.07, 6.45) is 2.15. The molecule has 1 saturated heterocycles. The average Bonchev–Trinajstić information content (AvgIpc) is 2.90. The van der Waals surface area contributed by atoms with Crippen LogP contribution in [0.25, 0.3) is 0 Å². The van der Waals surface area contributed by atoms with Crippen molar-refractivity contribution in [2.45, 2.75) is 24.9 Å². The van der Waals surface area contributed by atoms with Gasteiger partial charge in [-0.15, -0.1) is 0 Å². The zero-order valence-electron chi connectivity index (χ0n) is 10.5. The molecule has 0 spiro atoms. The Morgan fingerprint density at radius 1 is 1.41 bits per heavy atom. The summed E-state index contributed by atoms with van der Waals surface area (Å²) < 4.78 is 5.40. The molecule has 0 saturated carbocycles. The molecule has 0 amide bonds. The monoisotopic (exact) mass is 234 g/mol. The minimum Gasteiger partial charge on any atom is -0.380 e. The van der Waals surface area contributed by atoms with Gasteiger partial charge >= 0.3 is 0 Å². The normalized spacial score (nSPS) is 21.9. The van der Waals surface area contributed by atoms with Gasteiger partial charge in [-0.2, -0.15) is 0 Å². The second-order valence-corrected chi connectivity index (χ2v) is 4.80. The maximum Gasteiger partial charge on any atom is 0.0622 e. The first-order chi connectivity index (χ1) is 8.27. The molecular weight excluding hydrogens is 212 g/mol. The fraction of sp³-hybridized carbons (Fsp3) is 0.571. The van der Waals surface area contributed by atoms with Gasteiger partial charge in [0.2, 0.25) is 0 Å². The molecule has 1 aliphatic heterocycles. The minimum absolute atomic E-state index is 0.140. The second-order valence-electron chi connectivity index (χ2n) is 4.80. The molecule has 2 rings (SSSR count). The predicted octanol–water partition coefficient (Wildman–Crippen LogP) is 1.80. The van der Waals surface area contributed by atoms with E-state index in [2.05, 4.69) is 24.1 Å². The summed E-state index contributed by atoms with van der Waals surface area (Å²) in [7, 11) is 2.16. The molecule has 0 bridgehead atoms. The highest BCUT2D eigenvalue weighted by atomic mass is 16.5. The van der Waals surface area contributed by atoms with Crippen molar-refractivity contribution in [2.75, 3.05) is 26.8 Å². The highest BCUT2D eigenvalue weighted by molar-refractivity contribution is 5.18. The SMILES string of the molecule is CN(CCC(N)c1ccccc1)C1CCOC1. The van der Waals surface area contributed by atoms with E-state index >= 15 is 0 Å². The van der Waals surface area contributed by atoms with Gasteiger partial charge < -0.3 is 15.4 Å². The Balaban J connectivity index is 1.77. The van der Waals surface area contributed by atoms with Gasteiger partial charge in [-0.1, -0.05) is 30.3 Å². The zero-order valence-corrected chi connectivity index (χ0v) is 10.5. The van der Waals surface area contributed by atoms with Crippen molar-refractivity contribution in [2.24, 2.45) is 5.73 Å². The first-order valence-electron chi connectivity index (χ1n) is 6.36. The molecular formula is C14H22N2O. The molecule has 0 aliphatic carbocycles. The molecule has 3 heteroatoms. The number of rotatable bonds is 5. The highest BCUT2D eigenvalue weighted by Crippen LogP contribution is 2.16. The van der Waals surface area contributed by atoms with Crippen molar-refractivity contribution in [1.29, 1.82) is 0 Å². The summed E-state index contributed by atoms with van der Waals surface area (Å²) in [6.45, 7) is 2.81. The zero-order chi connectivity index (χ0) is 12.1. The van der Waals surface area contributed by atoms with E-state index in [1.165, 1.54) is 5.56 Å². The van der Waals surface area contributed by atoms with Crippen molar-refractivity contribution >= 4 is 0 Å². The van der Waals surface area contributed by atoms with Crippen LogP contribution >= 0.6 is 0 Å². The Hall–Kier alpha value is -0.900. The van der Waals surface area contributed by atoms with Crippen LogP contribution in [0.3, 0.4) is 0 Å². The van der Waals surface area contributed by atoms with Gasteiger partial charge in [0, 0.05) is 25.2 Å². The Morgan fingerprint density at radius 3 is 2.82 bits per heavy atom. The second kappa shape index (κ2) is 6.15. The molecule has 2 N–H and O–H groups in total. The number of hydrogen-bond donors (Lipinski definition) is 1. The number of nitrogens with zero attached hydrogens (tertiary/aromatic N) is 1. The highest BCUT2D eigenvalue weighted by Gasteiger charge is 2.20. The van der Waals surface area contributed by atoms with E-state index in [0.717, 1.165) is 32.6 Å². The van der Waals surface area contributed by atoms with Crippen molar-refractivity contribution in [3.8, 4) is 0 Å². The van der Waals surface area contributed by atoms with Crippen LogP contribution in [0.5, 0.6) is 0 Å². The lowest BCUT2D eigenvalue weighted by Crippen LogP contribution is -2.34. The summed E-state index contributed by atoms with van der Waals surface area (Å²) >= 11 is 0. The molecule has 1 heterocycles. The molecule has 1 fully saturated rings. The maximum absolute atomic E-state index is 6.18. The van der Waals surface area contributed by atoms with Crippen LogP contribution in [0.15, 0.2) is 30.3 Å². The van der Waals surface area contributed by atoms with Gasteiger partial charge in [-0.05, 0) is 25.5 Å². The molecule has 0 radical (unpaired) electrons. The Kier molecular flexibility index (Phi) is 4.54. The third-order valence-electron chi connectivity index (χ3n) is 3.55. The smallest absolute Gasteiger partial charge is 0.0622 e. The van der Waals surface area contributed by atoms with E-state index in [1.54, 1.807) is 0 Å². The number of benzene rings is 1. The number of hydrogen-bond acceptors (Lipinski definition) is 3. The van der Waals surface area contributed by atoms with Crippen LogP contribution in [0.2, 0.25) is 0 Å². The lowest BCUT2D eigenvalue weighted by molar-refractivity contribution is 0.157. The molecule has 17 heavy (non-hydrogen) atoms. The van der Waals surface area contributed by atoms with Crippen LogP contribution in [-0.4, -0.2) is 37.7 Å². The average molecular weight is 234 g/mol. The third-order valence-corrected chi connectivity index (χ3v) is 3.55. The molecule has 1 aromatic carbocycles. The van der Waals surface area contributed by atoms with Crippen molar-refractivity contribution in [1.82, 2.24) is 4.90 Å². The van der Waals surface area contributed by atoms with Gasteiger partial charge in [0.15, 0.2) is 0 Å². The van der Waals surface area contributed by atoms with Crippen LogP contribution in [0, 0.1) is 0 Å². The van der Waals surface area contributed by atoms with Gasteiger partial charge in [0.1, 0.15) is 0 Å². The first-order valence-corrected chi connectivity index (χ1v) is 6.36. The van der Waals surface area contributed by atoms with E-state index in [0.29, 0.717) is 6.04 Å². The first kappa shape index (κ1) is 12.6. The van der Waals surface area contributed by atoms with Crippen molar-refractivity contribution < 1.29 is 4.74 Å². The Labute approximate surface area is 104 Å². The third kappa shape index (κ3) is 3.53. The maximum atomic E-state index is 6.18. The van der Waals surface area contributed by atoms with Gasteiger partial charge in [0.05, 0.1) is 6.61 Å². The van der Waals surface area contributed by atoms with E-state index in [-0.39, 0.29) is 6.04 Å². The summed E-state index contributed by atoms with van der Waals surface area (Å²) in [5.74, 6) is 0.